The van der Waals surface area contributed by atoms with E-state index in [9.17, 15) is 0 Å². The van der Waals surface area contributed by atoms with Crippen LogP contribution < -0.4 is 9.47 Å². The Labute approximate surface area is 152 Å². The summed E-state index contributed by atoms with van der Waals surface area (Å²) in [6.45, 7) is 0. The zero-order chi connectivity index (χ0) is 17.8. The molecule has 3 aromatic carbocycles. The van der Waals surface area contributed by atoms with Crippen LogP contribution in [-0.4, -0.2) is 17.1 Å². The third-order valence-corrected chi connectivity index (χ3v) is 4.09. The Kier molecular flexibility index (Phi) is 4.48. The maximum Gasteiger partial charge on any atom is 0.242 e. The summed E-state index contributed by atoms with van der Waals surface area (Å²) >= 11 is 0. The van der Waals surface area contributed by atoms with Gasteiger partial charge in [-0.25, -0.2) is 9.97 Å². The number of para-hydroxylation sites is 2. The fraction of sp³-hybridized carbons (Fsp3) is 0.0909. The van der Waals surface area contributed by atoms with Crippen LogP contribution in [0, 0.1) is 0 Å². The minimum absolute atomic E-state index is 0.526. The smallest absolute Gasteiger partial charge is 0.242 e. The Morgan fingerprint density at radius 3 is 2.00 bits per heavy atom. The Balaban J connectivity index is 1.73. The van der Waals surface area contributed by atoms with Crippen molar-refractivity contribution in [3.63, 3.8) is 0 Å². The molecule has 0 aliphatic heterocycles. The van der Waals surface area contributed by atoms with E-state index < -0.39 is 0 Å². The minimum Gasteiger partial charge on any atom is -0.497 e. The van der Waals surface area contributed by atoms with E-state index in [1.807, 2.05) is 66.7 Å². The van der Waals surface area contributed by atoms with E-state index in [1.165, 1.54) is 0 Å². The van der Waals surface area contributed by atoms with Crippen LogP contribution in [0.4, 0.5) is 0 Å². The Bertz CT molecular complexity index is 1020. The summed E-state index contributed by atoms with van der Waals surface area (Å²) in [4.78, 5) is 9.48. The first-order chi connectivity index (χ1) is 12.8. The number of hydrogen-bond acceptors (Lipinski definition) is 4. The zero-order valence-corrected chi connectivity index (χ0v) is 14.4. The van der Waals surface area contributed by atoms with Crippen molar-refractivity contribution in [2.75, 3.05) is 7.11 Å². The number of ether oxygens (including phenoxy) is 2. The van der Waals surface area contributed by atoms with Gasteiger partial charge in [-0.05, 0) is 42.0 Å². The molecule has 0 aliphatic rings. The van der Waals surface area contributed by atoms with Crippen molar-refractivity contribution in [2.45, 2.75) is 6.42 Å². The molecule has 4 rings (SSSR count). The topological polar surface area (TPSA) is 44.2 Å². The number of fused-ring (bicyclic) bond motifs is 1. The molecule has 128 valence electrons. The maximum absolute atomic E-state index is 6.06. The predicted octanol–water partition coefficient (Wildman–Crippen LogP) is 5.02. The Hall–Kier alpha value is -3.40. The highest BCUT2D eigenvalue weighted by Gasteiger charge is 2.12. The third-order valence-electron chi connectivity index (χ3n) is 4.09. The standard InChI is InChI=1S/C22H18N2O2/c1-25-17-11-13-18(14-12-17)26-22-21(15-16-7-3-2-4-8-16)23-19-9-5-6-10-20(19)24-22/h2-14H,15H2,1H3. The summed E-state index contributed by atoms with van der Waals surface area (Å²) in [6.07, 6.45) is 0.657. The summed E-state index contributed by atoms with van der Waals surface area (Å²) in [5.74, 6) is 2.01. The molecule has 4 heteroatoms. The van der Waals surface area contributed by atoms with Crippen LogP contribution in [0.15, 0.2) is 78.9 Å². The van der Waals surface area contributed by atoms with Gasteiger partial charge >= 0.3 is 0 Å². The van der Waals surface area contributed by atoms with Gasteiger partial charge in [0, 0.05) is 6.42 Å². The molecular formula is C22H18N2O2. The van der Waals surface area contributed by atoms with Crippen LogP contribution in [0.25, 0.3) is 11.0 Å². The van der Waals surface area contributed by atoms with Gasteiger partial charge in [-0.2, -0.15) is 0 Å². The molecule has 0 aliphatic carbocycles. The van der Waals surface area contributed by atoms with Gasteiger partial charge in [0.05, 0.1) is 18.1 Å². The van der Waals surface area contributed by atoms with E-state index in [0.717, 1.165) is 28.0 Å². The van der Waals surface area contributed by atoms with E-state index in [1.54, 1.807) is 7.11 Å². The fourth-order valence-electron chi connectivity index (χ4n) is 2.76. The van der Waals surface area contributed by atoms with Gasteiger partial charge in [-0.1, -0.05) is 42.5 Å². The van der Waals surface area contributed by atoms with Crippen molar-refractivity contribution >= 4 is 11.0 Å². The van der Waals surface area contributed by atoms with Crippen molar-refractivity contribution < 1.29 is 9.47 Å². The highest BCUT2D eigenvalue weighted by Crippen LogP contribution is 2.27. The van der Waals surface area contributed by atoms with Gasteiger partial charge in [0.2, 0.25) is 5.88 Å². The molecule has 26 heavy (non-hydrogen) atoms. The normalized spacial score (nSPS) is 10.7. The maximum atomic E-state index is 6.06. The molecule has 4 aromatic rings. The average molecular weight is 342 g/mol. The van der Waals surface area contributed by atoms with Crippen molar-refractivity contribution in [3.05, 3.63) is 90.1 Å². The molecule has 0 bridgehead atoms. The summed E-state index contributed by atoms with van der Waals surface area (Å²) in [5.41, 5.74) is 3.65. The van der Waals surface area contributed by atoms with Crippen LogP contribution in [0.3, 0.4) is 0 Å². The molecule has 1 heterocycles. The highest BCUT2D eigenvalue weighted by molar-refractivity contribution is 5.74. The van der Waals surface area contributed by atoms with Crippen molar-refractivity contribution in [1.82, 2.24) is 9.97 Å². The molecule has 0 unspecified atom stereocenters. The number of aromatic nitrogens is 2. The second kappa shape index (κ2) is 7.23. The lowest BCUT2D eigenvalue weighted by Crippen LogP contribution is -2.01. The average Bonchev–Trinajstić information content (AvgIpc) is 2.70. The molecule has 0 saturated heterocycles. The zero-order valence-electron chi connectivity index (χ0n) is 14.4. The number of methoxy groups -OCH3 is 1. The van der Waals surface area contributed by atoms with Crippen LogP contribution in [0.5, 0.6) is 17.4 Å². The number of benzene rings is 3. The van der Waals surface area contributed by atoms with Gasteiger partial charge in [-0.3, -0.25) is 0 Å². The quantitative estimate of drug-likeness (QED) is 0.511. The number of nitrogens with zero attached hydrogens (tertiary/aromatic N) is 2. The van der Waals surface area contributed by atoms with E-state index >= 15 is 0 Å². The number of rotatable bonds is 5. The van der Waals surface area contributed by atoms with Gasteiger partial charge in [0.1, 0.15) is 17.2 Å². The first-order valence-electron chi connectivity index (χ1n) is 8.43. The monoisotopic (exact) mass is 342 g/mol. The summed E-state index contributed by atoms with van der Waals surface area (Å²) in [5, 5.41) is 0. The highest BCUT2D eigenvalue weighted by atomic mass is 16.5. The Morgan fingerprint density at radius 2 is 1.31 bits per heavy atom. The molecule has 0 amide bonds. The molecule has 0 radical (unpaired) electrons. The first-order valence-corrected chi connectivity index (χ1v) is 8.43. The number of hydrogen-bond donors (Lipinski definition) is 0. The first kappa shape index (κ1) is 16.1. The van der Waals surface area contributed by atoms with Crippen LogP contribution in [0.2, 0.25) is 0 Å². The SMILES string of the molecule is COc1ccc(Oc2nc3ccccc3nc2Cc2ccccc2)cc1. The lowest BCUT2D eigenvalue weighted by molar-refractivity contribution is 0.412. The lowest BCUT2D eigenvalue weighted by Gasteiger charge is -2.11. The second-order valence-electron chi connectivity index (χ2n) is 5.90. The lowest BCUT2D eigenvalue weighted by atomic mass is 10.1. The van der Waals surface area contributed by atoms with Gasteiger partial charge < -0.3 is 9.47 Å². The van der Waals surface area contributed by atoms with Crippen LogP contribution in [-0.2, 0) is 6.42 Å². The predicted molar refractivity (Wildman–Crippen MR) is 102 cm³/mol. The molecule has 0 N–H and O–H groups in total. The molecular weight excluding hydrogens is 324 g/mol. The van der Waals surface area contributed by atoms with Gasteiger partial charge in [-0.15, -0.1) is 0 Å². The molecule has 0 atom stereocenters. The molecule has 0 spiro atoms. The summed E-state index contributed by atoms with van der Waals surface area (Å²) in [7, 11) is 1.64. The molecule has 4 nitrogen and oxygen atoms in total. The molecule has 0 fully saturated rings. The fourth-order valence-corrected chi connectivity index (χ4v) is 2.76. The summed E-state index contributed by atoms with van der Waals surface area (Å²) in [6, 6.07) is 25.5. The molecule has 0 saturated carbocycles. The van der Waals surface area contributed by atoms with E-state index in [-0.39, 0.29) is 0 Å². The molecule has 1 aromatic heterocycles. The third kappa shape index (κ3) is 3.49. The van der Waals surface area contributed by atoms with Gasteiger partial charge in [0.15, 0.2) is 0 Å². The van der Waals surface area contributed by atoms with E-state index in [0.29, 0.717) is 18.1 Å². The second-order valence-corrected chi connectivity index (χ2v) is 5.90. The van der Waals surface area contributed by atoms with Crippen LogP contribution >= 0.6 is 0 Å². The van der Waals surface area contributed by atoms with E-state index in [4.69, 9.17) is 19.4 Å². The van der Waals surface area contributed by atoms with Crippen LogP contribution in [0.1, 0.15) is 11.3 Å². The Morgan fingerprint density at radius 1 is 0.692 bits per heavy atom. The van der Waals surface area contributed by atoms with Crippen molar-refractivity contribution in [1.29, 1.82) is 0 Å². The van der Waals surface area contributed by atoms with Crippen molar-refractivity contribution in [2.24, 2.45) is 0 Å². The largest absolute Gasteiger partial charge is 0.497 e. The summed E-state index contributed by atoms with van der Waals surface area (Å²) < 4.78 is 11.3. The van der Waals surface area contributed by atoms with Crippen molar-refractivity contribution in [3.8, 4) is 17.4 Å². The minimum atomic E-state index is 0.526. The van der Waals surface area contributed by atoms with Gasteiger partial charge in [0.25, 0.3) is 0 Å². The van der Waals surface area contributed by atoms with E-state index in [2.05, 4.69) is 12.1 Å².